The lowest BCUT2D eigenvalue weighted by Gasteiger charge is -1.99. The topological polar surface area (TPSA) is 51.6 Å². The van der Waals surface area contributed by atoms with Gasteiger partial charge in [-0.1, -0.05) is 23.1 Å². The van der Waals surface area contributed by atoms with E-state index in [0.717, 1.165) is 25.2 Å². The van der Waals surface area contributed by atoms with Crippen LogP contribution in [0.3, 0.4) is 0 Å². The summed E-state index contributed by atoms with van der Waals surface area (Å²) >= 11 is 4.72. The molecule has 0 unspecified atom stereocenters. The standard InChI is InChI=1S/C9H10N4S3/c1-5-4-7(11-6(2)10-5)15-9-13-12-8(14-3)16-9/h4H,1-3H3. The van der Waals surface area contributed by atoms with Gasteiger partial charge in [0, 0.05) is 5.69 Å². The Hall–Kier alpha value is -0.660. The van der Waals surface area contributed by atoms with Crippen LogP contribution in [0.15, 0.2) is 19.8 Å². The lowest BCUT2D eigenvalue weighted by molar-refractivity contribution is 0.926. The summed E-state index contributed by atoms with van der Waals surface area (Å²) in [5.74, 6) is 0.789. The van der Waals surface area contributed by atoms with Gasteiger partial charge in [0.15, 0.2) is 8.68 Å². The van der Waals surface area contributed by atoms with Crippen molar-refractivity contribution in [2.24, 2.45) is 0 Å². The first-order valence-electron chi connectivity index (χ1n) is 4.55. The number of thioether (sulfide) groups is 1. The van der Waals surface area contributed by atoms with Crippen molar-refractivity contribution in [1.82, 2.24) is 20.2 Å². The van der Waals surface area contributed by atoms with Crippen LogP contribution in [0.25, 0.3) is 0 Å². The van der Waals surface area contributed by atoms with Gasteiger partial charge in [0.1, 0.15) is 10.9 Å². The molecule has 0 amide bonds. The summed E-state index contributed by atoms with van der Waals surface area (Å²) in [5, 5.41) is 9.06. The Bertz CT molecular complexity index is 477. The highest BCUT2D eigenvalue weighted by Crippen LogP contribution is 2.31. The van der Waals surface area contributed by atoms with Crippen LogP contribution >= 0.6 is 34.9 Å². The molecule has 2 aromatic heterocycles. The number of nitrogens with zero attached hydrogens (tertiary/aromatic N) is 4. The van der Waals surface area contributed by atoms with Crippen molar-refractivity contribution in [2.75, 3.05) is 6.26 Å². The Balaban J connectivity index is 2.19. The van der Waals surface area contributed by atoms with Crippen molar-refractivity contribution in [3.63, 3.8) is 0 Å². The van der Waals surface area contributed by atoms with Gasteiger partial charge in [0.2, 0.25) is 0 Å². The van der Waals surface area contributed by atoms with Gasteiger partial charge in [-0.3, -0.25) is 0 Å². The predicted octanol–water partition coefficient (Wildman–Crippen LogP) is 2.82. The fraction of sp³-hybridized carbons (Fsp3) is 0.333. The zero-order chi connectivity index (χ0) is 11.5. The van der Waals surface area contributed by atoms with Gasteiger partial charge >= 0.3 is 0 Å². The number of aryl methyl sites for hydroxylation is 2. The molecule has 0 aliphatic heterocycles. The van der Waals surface area contributed by atoms with Crippen molar-refractivity contribution >= 4 is 34.9 Å². The molecule has 2 rings (SSSR count). The smallest absolute Gasteiger partial charge is 0.181 e. The first-order chi connectivity index (χ1) is 7.67. The van der Waals surface area contributed by atoms with Crippen LogP contribution in [0, 0.1) is 13.8 Å². The van der Waals surface area contributed by atoms with Gasteiger partial charge in [-0.05, 0) is 37.9 Å². The highest BCUT2D eigenvalue weighted by atomic mass is 32.2. The van der Waals surface area contributed by atoms with Gasteiger partial charge < -0.3 is 0 Å². The molecule has 0 N–H and O–H groups in total. The minimum Gasteiger partial charge on any atom is -0.238 e. The average molecular weight is 270 g/mol. The minimum absolute atomic E-state index is 0.789. The molecular weight excluding hydrogens is 260 g/mol. The monoisotopic (exact) mass is 270 g/mol. The second-order valence-corrected chi connectivity index (χ2v) is 6.33. The third kappa shape index (κ3) is 2.93. The molecule has 0 radical (unpaired) electrons. The van der Waals surface area contributed by atoms with E-state index < -0.39 is 0 Å². The molecule has 0 saturated carbocycles. The van der Waals surface area contributed by atoms with Crippen LogP contribution < -0.4 is 0 Å². The summed E-state index contributed by atoms with van der Waals surface area (Å²) in [6, 6.07) is 1.96. The normalized spacial score (nSPS) is 10.7. The maximum Gasteiger partial charge on any atom is 0.181 e. The zero-order valence-corrected chi connectivity index (χ0v) is 11.5. The number of hydrogen-bond donors (Lipinski definition) is 0. The van der Waals surface area contributed by atoms with Gasteiger partial charge in [0.25, 0.3) is 0 Å². The molecule has 0 aliphatic rings. The molecule has 0 saturated heterocycles. The average Bonchev–Trinajstić information content (AvgIpc) is 2.64. The van der Waals surface area contributed by atoms with E-state index in [2.05, 4.69) is 20.2 Å². The van der Waals surface area contributed by atoms with Crippen LogP contribution in [0.1, 0.15) is 11.5 Å². The SMILES string of the molecule is CSc1nnc(Sc2cc(C)nc(C)n2)s1. The number of rotatable bonds is 3. The molecule has 84 valence electrons. The van der Waals surface area contributed by atoms with Crippen molar-refractivity contribution < 1.29 is 0 Å². The zero-order valence-electron chi connectivity index (χ0n) is 9.09. The molecule has 0 aromatic carbocycles. The Morgan fingerprint density at radius 3 is 2.50 bits per heavy atom. The van der Waals surface area contributed by atoms with E-state index in [4.69, 9.17) is 0 Å². The van der Waals surface area contributed by atoms with Gasteiger partial charge in [-0.15, -0.1) is 10.2 Å². The molecular formula is C9H10N4S3. The van der Waals surface area contributed by atoms with E-state index in [-0.39, 0.29) is 0 Å². The molecule has 2 heterocycles. The van der Waals surface area contributed by atoms with Gasteiger partial charge in [-0.2, -0.15) is 0 Å². The van der Waals surface area contributed by atoms with Crippen molar-refractivity contribution in [3.05, 3.63) is 17.6 Å². The van der Waals surface area contributed by atoms with Crippen LogP contribution in [0.2, 0.25) is 0 Å². The summed E-state index contributed by atoms with van der Waals surface area (Å²) in [6.07, 6.45) is 1.99. The first-order valence-corrected chi connectivity index (χ1v) is 7.41. The summed E-state index contributed by atoms with van der Waals surface area (Å²) in [4.78, 5) is 8.58. The van der Waals surface area contributed by atoms with E-state index >= 15 is 0 Å². The fourth-order valence-corrected chi connectivity index (χ4v) is 3.64. The molecule has 0 fully saturated rings. The summed E-state index contributed by atoms with van der Waals surface area (Å²) in [6.45, 7) is 3.86. The molecule has 7 heteroatoms. The lowest BCUT2D eigenvalue weighted by Crippen LogP contribution is -1.92. The highest BCUT2D eigenvalue weighted by Gasteiger charge is 2.07. The minimum atomic E-state index is 0.789. The van der Waals surface area contributed by atoms with E-state index in [1.165, 1.54) is 11.8 Å². The highest BCUT2D eigenvalue weighted by molar-refractivity contribution is 8.02. The number of aromatic nitrogens is 4. The summed E-state index contributed by atoms with van der Waals surface area (Å²) < 4.78 is 1.90. The second kappa shape index (κ2) is 5.11. The molecule has 0 atom stereocenters. The molecule has 0 bridgehead atoms. The predicted molar refractivity (Wildman–Crippen MR) is 67.3 cm³/mol. The fourth-order valence-electron chi connectivity index (χ4n) is 1.15. The molecule has 2 aromatic rings. The third-order valence-corrected chi connectivity index (χ3v) is 4.56. The maximum absolute atomic E-state index is 4.35. The Labute approximate surface area is 106 Å². The van der Waals surface area contributed by atoms with Crippen molar-refractivity contribution in [3.8, 4) is 0 Å². The van der Waals surface area contributed by atoms with E-state index in [1.54, 1.807) is 23.1 Å². The van der Waals surface area contributed by atoms with E-state index in [1.807, 2.05) is 26.2 Å². The Kier molecular flexibility index (Phi) is 3.78. The number of hydrogen-bond acceptors (Lipinski definition) is 7. The van der Waals surface area contributed by atoms with Crippen LogP contribution in [0.5, 0.6) is 0 Å². The van der Waals surface area contributed by atoms with Crippen molar-refractivity contribution in [1.29, 1.82) is 0 Å². The molecule has 16 heavy (non-hydrogen) atoms. The first kappa shape index (κ1) is 11.8. The molecule has 0 aliphatic carbocycles. The Morgan fingerprint density at radius 2 is 1.88 bits per heavy atom. The van der Waals surface area contributed by atoms with Crippen LogP contribution in [0.4, 0.5) is 0 Å². The largest absolute Gasteiger partial charge is 0.238 e. The molecule has 4 nitrogen and oxygen atoms in total. The maximum atomic E-state index is 4.35. The second-order valence-electron chi connectivity index (χ2n) is 3.03. The lowest BCUT2D eigenvalue weighted by atomic mass is 10.4. The Morgan fingerprint density at radius 1 is 1.12 bits per heavy atom. The van der Waals surface area contributed by atoms with Crippen LogP contribution in [-0.4, -0.2) is 26.4 Å². The quantitative estimate of drug-likeness (QED) is 0.631. The van der Waals surface area contributed by atoms with Crippen molar-refractivity contribution in [2.45, 2.75) is 27.6 Å². The third-order valence-electron chi connectivity index (χ3n) is 1.70. The van der Waals surface area contributed by atoms with Crippen LogP contribution in [-0.2, 0) is 0 Å². The van der Waals surface area contributed by atoms with E-state index in [9.17, 15) is 0 Å². The van der Waals surface area contributed by atoms with Gasteiger partial charge in [0.05, 0.1) is 0 Å². The van der Waals surface area contributed by atoms with Gasteiger partial charge in [-0.25, -0.2) is 9.97 Å². The summed E-state index contributed by atoms with van der Waals surface area (Å²) in [7, 11) is 0. The molecule has 0 spiro atoms. The summed E-state index contributed by atoms with van der Waals surface area (Å²) in [5.41, 5.74) is 0.976. The van der Waals surface area contributed by atoms with E-state index in [0.29, 0.717) is 0 Å².